The average Bonchev–Trinajstić information content (AvgIpc) is 3.06. The highest BCUT2D eigenvalue weighted by Crippen LogP contribution is 2.63. The molecule has 1 saturated carbocycles. The van der Waals surface area contributed by atoms with E-state index in [0.29, 0.717) is 26.3 Å². The molecule has 1 aliphatic carbocycles. The molecule has 1 aromatic carbocycles. The van der Waals surface area contributed by atoms with Crippen molar-refractivity contribution in [3.05, 3.63) is 35.4 Å². The topological polar surface area (TPSA) is 65.1 Å². The summed E-state index contributed by atoms with van der Waals surface area (Å²) >= 11 is 0. The third kappa shape index (κ3) is 4.68. The quantitative estimate of drug-likeness (QED) is 0.617. The van der Waals surface area contributed by atoms with Crippen molar-refractivity contribution >= 4 is 13.5 Å². The minimum Gasteiger partial charge on any atom is -0.378 e. The molecular formula is C25H41N4O3P. The summed E-state index contributed by atoms with van der Waals surface area (Å²) in [5.41, 5.74) is 1.94. The van der Waals surface area contributed by atoms with Gasteiger partial charge in [0.2, 0.25) is 5.91 Å². The molecule has 1 aromatic rings. The van der Waals surface area contributed by atoms with Crippen molar-refractivity contribution in [1.82, 2.24) is 19.3 Å². The van der Waals surface area contributed by atoms with Gasteiger partial charge in [-0.1, -0.05) is 37.1 Å². The van der Waals surface area contributed by atoms with E-state index in [9.17, 15) is 4.79 Å². The highest BCUT2D eigenvalue weighted by atomic mass is 31.2. The molecule has 33 heavy (non-hydrogen) atoms. The van der Waals surface area contributed by atoms with Gasteiger partial charge < -0.3 is 9.64 Å². The van der Waals surface area contributed by atoms with Crippen LogP contribution in [0, 0.1) is 6.92 Å². The molecule has 3 aliphatic rings. The second-order valence-corrected chi connectivity index (χ2v) is 12.5. The minimum absolute atomic E-state index is 0.00916. The van der Waals surface area contributed by atoms with Crippen molar-refractivity contribution in [2.75, 3.05) is 26.3 Å². The zero-order chi connectivity index (χ0) is 23.8. The molecule has 2 saturated heterocycles. The van der Waals surface area contributed by atoms with E-state index in [1.54, 1.807) is 0 Å². The van der Waals surface area contributed by atoms with Crippen molar-refractivity contribution in [2.45, 2.75) is 90.5 Å². The molecule has 0 bridgehead atoms. The van der Waals surface area contributed by atoms with Gasteiger partial charge in [0, 0.05) is 37.3 Å². The molecule has 1 N–H and O–H groups in total. The van der Waals surface area contributed by atoms with Gasteiger partial charge in [0.1, 0.15) is 6.04 Å². The Morgan fingerprint density at radius 3 is 2.06 bits per heavy atom. The van der Waals surface area contributed by atoms with Gasteiger partial charge in [-0.15, -0.1) is 0 Å². The maximum atomic E-state index is 15.2. The maximum Gasteiger partial charge on any atom is 0.286 e. The van der Waals surface area contributed by atoms with Crippen LogP contribution in [0.1, 0.15) is 70.5 Å². The lowest BCUT2D eigenvalue weighted by atomic mass is 9.89. The number of morpholine rings is 1. The van der Waals surface area contributed by atoms with Crippen LogP contribution in [-0.4, -0.2) is 70.6 Å². The molecule has 0 radical (unpaired) electrons. The number of carbonyl (C=O) groups is 1. The molecule has 7 nitrogen and oxygen atoms in total. The van der Waals surface area contributed by atoms with Crippen molar-refractivity contribution < 1.29 is 14.1 Å². The first-order valence-corrected chi connectivity index (χ1v) is 14.2. The maximum absolute atomic E-state index is 15.2. The number of benzene rings is 1. The van der Waals surface area contributed by atoms with Crippen LogP contribution in [0.4, 0.5) is 0 Å². The third-order valence-corrected chi connectivity index (χ3v) is 10.8. The van der Waals surface area contributed by atoms with E-state index in [1.165, 1.54) is 12.8 Å². The smallest absolute Gasteiger partial charge is 0.286 e. The van der Waals surface area contributed by atoms with Gasteiger partial charge in [0.05, 0.1) is 13.2 Å². The molecule has 2 aliphatic heterocycles. The Balaban J connectivity index is 1.77. The summed E-state index contributed by atoms with van der Waals surface area (Å²) in [5.74, 6) is -0.00916. The number of amides is 1. The Morgan fingerprint density at radius 2 is 1.55 bits per heavy atom. The number of hydrogen-bond acceptors (Lipinski definition) is 3. The summed E-state index contributed by atoms with van der Waals surface area (Å²) in [6.45, 7) is 12.8. The summed E-state index contributed by atoms with van der Waals surface area (Å²) in [5, 5.41) is 3.54. The van der Waals surface area contributed by atoms with Crippen molar-refractivity contribution in [1.29, 1.82) is 0 Å². The molecule has 3 fully saturated rings. The van der Waals surface area contributed by atoms with E-state index < -0.39 is 13.6 Å². The van der Waals surface area contributed by atoms with Gasteiger partial charge in [-0.3, -0.25) is 9.36 Å². The lowest BCUT2D eigenvalue weighted by molar-refractivity contribution is -0.137. The highest BCUT2D eigenvalue weighted by molar-refractivity contribution is 7.57. The Kier molecular flexibility index (Phi) is 7.66. The van der Waals surface area contributed by atoms with E-state index in [2.05, 4.69) is 42.1 Å². The number of nitrogens with one attached hydrogen (secondary N) is 1. The zero-order valence-corrected chi connectivity index (χ0v) is 21.8. The first-order chi connectivity index (χ1) is 15.8. The molecule has 1 amide bonds. The van der Waals surface area contributed by atoms with Crippen LogP contribution < -0.4 is 5.09 Å². The Bertz CT molecular complexity index is 858. The zero-order valence-electron chi connectivity index (χ0n) is 20.9. The predicted octanol–water partition coefficient (Wildman–Crippen LogP) is 4.34. The fraction of sp³-hybridized carbons (Fsp3) is 0.720. The van der Waals surface area contributed by atoms with Crippen LogP contribution >= 0.6 is 7.59 Å². The van der Waals surface area contributed by atoms with E-state index in [0.717, 1.165) is 24.0 Å². The van der Waals surface area contributed by atoms with E-state index in [4.69, 9.17) is 4.74 Å². The molecule has 184 valence electrons. The molecule has 0 unspecified atom stereocenters. The van der Waals surface area contributed by atoms with Gasteiger partial charge in [-0.25, -0.2) is 14.4 Å². The summed E-state index contributed by atoms with van der Waals surface area (Å²) in [7, 11) is -3.22. The lowest BCUT2D eigenvalue weighted by Crippen LogP contribution is -2.48. The predicted molar refractivity (Wildman–Crippen MR) is 132 cm³/mol. The number of hydrogen-bond donors (Lipinski definition) is 1. The van der Waals surface area contributed by atoms with Crippen molar-refractivity contribution in [3.63, 3.8) is 0 Å². The first-order valence-electron chi connectivity index (χ1n) is 12.6. The van der Waals surface area contributed by atoms with E-state index in [1.807, 2.05) is 36.1 Å². The number of ether oxygens (including phenoxy) is 1. The van der Waals surface area contributed by atoms with Gasteiger partial charge in [0.15, 0.2) is 0 Å². The fourth-order valence-corrected chi connectivity index (χ4v) is 9.74. The summed E-state index contributed by atoms with van der Waals surface area (Å²) in [4.78, 5) is 15.8. The van der Waals surface area contributed by atoms with E-state index >= 15 is 4.57 Å². The Morgan fingerprint density at radius 1 is 1.00 bits per heavy atom. The van der Waals surface area contributed by atoms with Crippen molar-refractivity contribution in [2.24, 2.45) is 0 Å². The molecule has 8 heteroatoms. The third-order valence-electron chi connectivity index (χ3n) is 7.42. The van der Waals surface area contributed by atoms with Crippen LogP contribution in [0.5, 0.6) is 0 Å². The fourth-order valence-electron chi connectivity index (χ4n) is 6.06. The van der Waals surface area contributed by atoms with E-state index in [-0.39, 0.29) is 30.1 Å². The number of carbonyl (C=O) groups excluding carboxylic acids is 1. The van der Waals surface area contributed by atoms with Crippen LogP contribution in [0.2, 0.25) is 0 Å². The van der Waals surface area contributed by atoms with Crippen LogP contribution in [0.25, 0.3) is 0 Å². The van der Waals surface area contributed by atoms with Gasteiger partial charge in [-0.05, 0) is 58.6 Å². The molecule has 0 spiro atoms. The number of aryl methyl sites for hydroxylation is 1. The Hall–Kier alpha value is -1.24. The minimum atomic E-state index is -3.22. The number of nitrogens with zero attached hydrogens (tertiary/aromatic N) is 3. The first kappa shape index (κ1) is 24.9. The van der Waals surface area contributed by atoms with Crippen molar-refractivity contribution in [3.8, 4) is 0 Å². The number of rotatable bonds is 6. The molecule has 3 atom stereocenters. The second kappa shape index (κ2) is 10.2. The SMILES string of the molecule is Cc1ccccc1[C@H](NP1(=O)N(C(C)C)[C@@H]2CCCC[C@H]2N1C(C)C)C(=O)N1CCOCC1. The van der Waals surface area contributed by atoms with Gasteiger partial charge in [-0.2, -0.15) is 0 Å². The van der Waals surface area contributed by atoms with Gasteiger partial charge in [0.25, 0.3) is 7.59 Å². The number of fused-ring (bicyclic) bond motifs is 1. The largest absolute Gasteiger partial charge is 0.378 e. The Labute approximate surface area is 199 Å². The van der Waals surface area contributed by atoms with Crippen LogP contribution in [-0.2, 0) is 14.1 Å². The standard InChI is InChI=1S/C25H41N4O3P/c1-18(2)28-22-12-8-9-13-23(22)29(19(3)4)33(28,31)26-24(21-11-7-6-10-20(21)5)25(30)27-14-16-32-17-15-27/h6-7,10-11,18-19,22-24H,8-9,12-17H2,1-5H3,(H,26,31)/t22-,23-,24+/m1/s1. The normalized spacial score (nSPS) is 27.2. The lowest BCUT2D eigenvalue weighted by Gasteiger charge is -2.40. The monoisotopic (exact) mass is 476 g/mol. The summed E-state index contributed by atoms with van der Waals surface area (Å²) in [6, 6.07) is 8.09. The summed E-state index contributed by atoms with van der Waals surface area (Å²) < 4.78 is 25.1. The molecule has 0 aromatic heterocycles. The van der Waals surface area contributed by atoms with Crippen LogP contribution in [0.15, 0.2) is 24.3 Å². The highest BCUT2D eigenvalue weighted by Gasteiger charge is 2.58. The molecule has 2 heterocycles. The summed E-state index contributed by atoms with van der Waals surface area (Å²) in [6.07, 6.45) is 4.46. The van der Waals surface area contributed by atoms with Crippen LogP contribution in [0.3, 0.4) is 0 Å². The molecular weight excluding hydrogens is 435 g/mol. The second-order valence-electron chi connectivity index (χ2n) is 10.3. The molecule has 4 rings (SSSR count). The average molecular weight is 477 g/mol. The van der Waals surface area contributed by atoms with Gasteiger partial charge >= 0.3 is 0 Å².